The minimum atomic E-state index is 0.0600. The minimum absolute atomic E-state index is 0.0600. The average Bonchev–Trinajstić information content (AvgIpc) is 2.93. The fourth-order valence-corrected chi connectivity index (χ4v) is 3.50. The van der Waals surface area contributed by atoms with Gasteiger partial charge in [-0.1, -0.05) is 0 Å². The van der Waals surface area contributed by atoms with Crippen molar-refractivity contribution < 1.29 is 9.52 Å². The van der Waals surface area contributed by atoms with Crippen molar-refractivity contribution in [2.75, 3.05) is 0 Å². The molecular weight excluding hydrogens is 268 g/mol. The van der Waals surface area contributed by atoms with E-state index in [4.69, 9.17) is 0 Å². The standard InChI is InChI=1S/C12H8N2O2S2/c1-7(15)9-2-3-11(17-9)12-13-8-6-14(16)5-4-10(8)18-12/h2-6H,1H3. The normalized spacial score (nSPS) is 10.9. The van der Waals surface area contributed by atoms with Crippen molar-refractivity contribution in [3.05, 3.63) is 40.7 Å². The van der Waals surface area contributed by atoms with Crippen molar-refractivity contribution in [3.8, 4) is 9.88 Å². The fraction of sp³-hybridized carbons (Fsp3) is 0.0833. The van der Waals surface area contributed by atoms with Crippen molar-refractivity contribution in [1.29, 1.82) is 0 Å². The number of carbonyl (C=O) groups is 1. The van der Waals surface area contributed by atoms with Gasteiger partial charge in [0.25, 0.3) is 0 Å². The molecule has 0 saturated heterocycles. The van der Waals surface area contributed by atoms with E-state index in [1.54, 1.807) is 13.0 Å². The molecule has 3 aromatic rings. The van der Waals surface area contributed by atoms with Crippen LogP contribution >= 0.6 is 22.7 Å². The molecule has 0 aliphatic heterocycles. The minimum Gasteiger partial charge on any atom is -0.619 e. The van der Waals surface area contributed by atoms with Crippen molar-refractivity contribution in [2.24, 2.45) is 0 Å². The summed E-state index contributed by atoms with van der Waals surface area (Å²) in [5, 5.41) is 12.0. The Hall–Kier alpha value is -1.79. The number of ketones is 1. The SMILES string of the molecule is CC(=O)c1ccc(-c2nc3c[n+]([O-])ccc3s2)s1. The van der Waals surface area contributed by atoms with Crippen molar-refractivity contribution in [2.45, 2.75) is 6.92 Å². The van der Waals surface area contributed by atoms with Crippen molar-refractivity contribution in [1.82, 2.24) is 4.98 Å². The quantitative estimate of drug-likeness (QED) is 0.411. The van der Waals surface area contributed by atoms with Gasteiger partial charge in [0.05, 0.1) is 14.5 Å². The van der Waals surface area contributed by atoms with Crippen LogP contribution in [0.5, 0.6) is 0 Å². The van der Waals surface area contributed by atoms with E-state index in [0.29, 0.717) is 5.52 Å². The van der Waals surface area contributed by atoms with E-state index < -0.39 is 0 Å². The summed E-state index contributed by atoms with van der Waals surface area (Å²) in [5.74, 6) is 0.0600. The predicted octanol–water partition coefficient (Wildman–Crippen LogP) is 2.86. The molecule has 4 nitrogen and oxygen atoms in total. The molecule has 0 unspecified atom stereocenters. The fourth-order valence-electron chi connectivity index (χ4n) is 1.61. The van der Waals surface area contributed by atoms with E-state index in [1.165, 1.54) is 35.1 Å². The molecule has 90 valence electrons. The molecule has 0 saturated carbocycles. The number of thiophene rings is 1. The Balaban J connectivity index is 2.10. The van der Waals surface area contributed by atoms with E-state index in [-0.39, 0.29) is 5.78 Å². The summed E-state index contributed by atoms with van der Waals surface area (Å²) in [6.45, 7) is 1.55. The molecule has 0 aliphatic rings. The summed E-state index contributed by atoms with van der Waals surface area (Å²) >= 11 is 2.95. The maximum Gasteiger partial charge on any atom is 0.207 e. The Bertz CT molecular complexity index is 745. The van der Waals surface area contributed by atoms with Gasteiger partial charge in [-0.05, 0) is 19.1 Å². The highest BCUT2D eigenvalue weighted by Gasteiger charge is 2.12. The highest BCUT2D eigenvalue weighted by molar-refractivity contribution is 7.26. The maximum absolute atomic E-state index is 11.3. The number of thiazole rings is 1. The molecule has 3 aromatic heterocycles. The van der Waals surface area contributed by atoms with Gasteiger partial charge in [0.15, 0.2) is 12.0 Å². The first-order chi connectivity index (χ1) is 8.63. The molecule has 3 rings (SSSR count). The van der Waals surface area contributed by atoms with Crippen LogP contribution in [0.2, 0.25) is 0 Å². The van der Waals surface area contributed by atoms with Gasteiger partial charge in [-0.25, -0.2) is 4.98 Å². The summed E-state index contributed by atoms with van der Waals surface area (Å²) in [7, 11) is 0. The van der Waals surface area contributed by atoms with Gasteiger partial charge in [-0.2, -0.15) is 4.73 Å². The molecular formula is C12H8N2O2S2. The van der Waals surface area contributed by atoms with Crippen molar-refractivity contribution >= 4 is 38.7 Å². The number of pyridine rings is 1. The lowest BCUT2D eigenvalue weighted by Gasteiger charge is -1.91. The molecule has 3 heterocycles. The smallest absolute Gasteiger partial charge is 0.207 e. The second kappa shape index (κ2) is 4.15. The second-order valence-corrected chi connectivity index (χ2v) is 5.91. The number of Topliss-reactive ketones (excluding diaryl/α,β-unsaturated/α-hetero) is 1. The zero-order valence-corrected chi connectivity index (χ0v) is 11.0. The molecule has 0 fully saturated rings. The van der Waals surface area contributed by atoms with Gasteiger partial charge in [0.2, 0.25) is 6.20 Å². The number of aromatic nitrogens is 2. The van der Waals surface area contributed by atoms with Crippen LogP contribution in [0.3, 0.4) is 0 Å². The summed E-state index contributed by atoms with van der Waals surface area (Å²) in [4.78, 5) is 17.4. The van der Waals surface area contributed by atoms with Crippen LogP contribution in [-0.4, -0.2) is 10.8 Å². The molecule has 0 N–H and O–H groups in total. The van der Waals surface area contributed by atoms with Crippen LogP contribution < -0.4 is 4.73 Å². The molecule has 0 bridgehead atoms. The third kappa shape index (κ3) is 1.89. The van der Waals surface area contributed by atoms with E-state index in [2.05, 4.69) is 4.98 Å². The van der Waals surface area contributed by atoms with Crippen LogP contribution in [0.15, 0.2) is 30.6 Å². The molecule has 6 heteroatoms. The third-order valence-corrected chi connectivity index (χ3v) is 4.86. The van der Waals surface area contributed by atoms with Gasteiger partial charge in [0, 0.05) is 6.07 Å². The predicted molar refractivity (Wildman–Crippen MR) is 71.9 cm³/mol. The zero-order chi connectivity index (χ0) is 12.7. The number of nitrogens with zero attached hydrogens (tertiary/aromatic N) is 2. The maximum atomic E-state index is 11.3. The van der Waals surface area contributed by atoms with Gasteiger partial charge in [0.1, 0.15) is 10.5 Å². The van der Waals surface area contributed by atoms with Gasteiger partial charge < -0.3 is 5.21 Å². The first-order valence-corrected chi connectivity index (χ1v) is 6.87. The Morgan fingerprint density at radius 1 is 1.33 bits per heavy atom. The van der Waals surface area contributed by atoms with Gasteiger partial charge in [-0.3, -0.25) is 4.79 Å². The molecule has 0 aliphatic carbocycles. The first kappa shape index (κ1) is 11.3. The summed E-state index contributed by atoms with van der Waals surface area (Å²) in [6.07, 6.45) is 2.91. The Morgan fingerprint density at radius 2 is 2.17 bits per heavy atom. The largest absolute Gasteiger partial charge is 0.619 e. The van der Waals surface area contributed by atoms with Crippen LogP contribution in [-0.2, 0) is 0 Å². The number of fused-ring (bicyclic) bond motifs is 1. The van der Waals surface area contributed by atoms with Crippen LogP contribution in [0.1, 0.15) is 16.6 Å². The summed E-state index contributed by atoms with van der Waals surface area (Å²) < 4.78 is 1.70. The van der Waals surface area contributed by atoms with E-state index in [1.807, 2.05) is 12.1 Å². The zero-order valence-electron chi connectivity index (χ0n) is 9.41. The third-order valence-electron chi connectivity index (χ3n) is 2.47. The lowest BCUT2D eigenvalue weighted by Crippen LogP contribution is -2.23. The lowest BCUT2D eigenvalue weighted by atomic mass is 10.3. The van der Waals surface area contributed by atoms with Crippen LogP contribution in [0.4, 0.5) is 0 Å². The highest BCUT2D eigenvalue weighted by Crippen LogP contribution is 2.34. The van der Waals surface area contributed by atoms with E-state index >= 15 is 0 Å². The topological polar surface area (TPSA) is 56.9 Å². The number of hydrogen-bond acceptors (Lipinski definition) is 5. The van der Waals surface area contributed by atoms with Gasteiger partial charge in [-0.15, -0.1) is 22.7 Å². The van der Waals surface area contributed by atoms with Crippen molar-refractivity contribution in [3.63, 3.8) is 0 Å². The van der Waals surface area contributed by atoms with E-state index in [0.717, 1.165) is 24.2 Å². The molecule has 0 atom stereocenters. The Labute approximate surface area is 111 Å². The number of rotatable bonds is 2. The second-order valence-electron chi connectivity index (χ2n) is 3.79. The molecule has 0 radical (unpaired) electrons. The van der Waals surface area contributed by atoms with Crippen LogP contribution in [0, 0.1) is 5.21 Å². The van der Waals surface area contributed by atoms with E-state index in [9.17, 15) is 10.0 Å². The Morgan fingerprint density at radius 3 is 2.89 bits per heavy atom. The lowest BCUT2D eigenvalue weighted by molar-refractivity contribution is -0.603. The summed E-state index contributed by atoms with van der Waals surface area (Å²) in [6, 6.07) is 5.45. The molecule has 18 heavy (non-hydrogen) atoms. The summed E-state index contributed by atoms with van der Waals surface area (Å²) in [5.41, 5.74) is 0.685. The first-order valence-electron chi connectivity index (χ1n) is 5.24. The number of carbonyl (C=O) groups excluding carboxylic acids is 1. The number of hydrogen-bond donors (Lipinski definition) is 0. The molecule has 0 spiro atoms. The van der Waals surface area contributed by atoms with Crippen LogP contribution in [0.25, 0.3) is 20.1 Å². The molecule has 0 aromatic carbocycles. The Kier molecular flexibility index (Phi) is 2.61. The van der Waals surface area contributed by atoms with Gasteiger partial charge >= 0.3 is 0 Å². The monoisotopic (exact) mass is 276 g/mol. The molecule has 0 amide bonds. The average molecular weight is 276 g/mol. The highest BCUT2D eigenvalue weighted by atomic mass is 32.1.